The molecule has 20 heavy (non-hydrogen) atoms. The lowest BCUT2D eigenvalue weighted by Gasteiger charge is -2.29. The van der Waals surface area contributed by atoms with Crippen LogP contribution in [0.2, 0.25) is 0 Å². The quantitative estimate of drug-likeness (QED) is 0.834. The molecule has 0 aliphatic carbocycles. The maximum Gasteiger partial charge on any atom is 0.161 e. The Hall–Kier alpha value is -1.61. The van der Waals surface area contributed by atoms with Crippen molar-refractivity contribution in [3.63, 3.8) is 0 Å². The Kier molecular flexibility index (Phi) is 4.61. The zero-order chi connectivity index (χ0) is 14.6. The van der Waals surface area contributed by atoms with E-state index < -0.39 is 0 Å². The van der Waals surface area contributed by atoms with Crippen molar-refractivity contribution in [3.05, 3.63) is 47.5 Å². The van der Waals surface area contributed by atoms with Crippen molar-refractivity contribution in [1.82, 2.24) is 0 Å². The predicted octanol–water partition coefficient (Wildman–Crippen LogP) is 3.53. The van der Waals surface area contributed by atoms with Gasteiger partial charge in [-0.05, 0) is 26.7 Å². The molecular formula is C17H23NO2. The van der Waals surface area contributed by atoms with Gasteiger partial charge < -0.3 is 9.94 Å². The molecular weight excluding hydrogens is 250 g/mol. The van der Waals surface area contributed by atoms with E-state index in [1.54, 1.807) is 0 Å². The van der Waals surface area contributed by atoms with Crippen molar-refractivity contribution in [2.75, 3.05) is 6.61 Å². The third kappa shape index (κ3) is 2.93. The lowest BCUT2D eigenvalue weighted by Crippen LogP contribution is -2.38. The molecule has 3 nitrogen and oxygen atoms in total. The van der Waals surface area contributed by atoms with Crippen LogP contribution in [0, 0.1) is 5.41 Å². The second-order valence-electron chi connectivity index (χ2n) is 5.82. The van der Waals surface area contributed by atoms with Crippen molar-refractivity contribution >= 4 is 5.71 Å². The third-order valence-corrected chi connectivity index (χ3v) is 3.95. The monoisotopic (exact) mass is 273 g/mol. The number of benzene rings is 1. The lowest BCUT2D eigenvalue weighted by molar-refractivity contribution is -0.0117. The highest BCUT2D eigenvalue weighted by Crippen LogP contribution is 2.39. The van der Waals surface area contributed by atoms with Gasteiger partial charge in [0, 0.05) is 5.56 Å². The number of nitrogens with zero attached hydrogens (tertiary/aromatic N) is 1. The molecule has 0 saturated carbocycles. The van der Waals surface area contributed by atoms with Gasteiger partial charge in [0.05, 0.1) is 17.7 Å². The number of oxime groups is 1. The lowest BCUT2D eigenvalue weighted by atomic mass is 9.74. The maximum absolute atomic E-state index is 9.56. The maximum atomic E-state index is 9.56. The number of hydrogen-bond donors (Lipinski definition) is 1. The van der Waals surface area contributed by atoms with Crippen molar-refractivity contribution in [1.29, 1.82) is 0 Å². The van der Waals surface area contributed by atoms with Crippen LogP contribution in [0.3, 0.4) is 0 Å². The molecule has 0 radical (unpaired) electrons. The van der Waals surface area contributed by atoms with E-state index in [2.05, 4.69) is 32.0 Å². The summed E-state index contributed by atoms with van der Waals surface area (Å²) >= 11 is 0. The number of rotatable bonds is 5. The summed E-state index contributed by atoms with van der Waals surface area (Å²) in [5, 5.41) is 13.8. The van der Waals surface area contributed by atoms with E-state index in [4.69, 9.17) is 4.84 Å². The normalized spacial score (nSPS) is 25.0. The molecule has 2 rings (SSSR count). The van der Waals surface area contributed by atoms with Crippen molar-refractivity contribution in [2.24, 2.45) is 10.6 Å². The van der Waals surface area contributed by atoms with Gasteiger partial charge in [0.25, 0.3) is 0 Å². The van der Waals surface area contributed by atoms with Crippen LogP contribution >= 0.6 is 0 Å². The molecule has 3 heteroatoms. The summed E-state index contributed by atoms with van der Waals surface area (Å²) < 4.78 is 0. The molecule has 0 amide bonds. The van der Waals surface area contributed by atoms with Crippen LogP contribution in [0.4, 0.5) is 0 Å². The minimum Gasteiger partial charge on any atom is -0.392 e. The first-order valence-corrected chi connectivity index (χ1v) is 7.12. The van der Waals surface area contributed by atoms with E-state index in [1.807, 2.05) is 30.3 Å². The van der Waals surface area contributed by atoms with Crippen molar-refractivity contribution in [3.8, 4) is 0 Å². The second kappa shape index (κ2) is 6.23. The van der Waals surface area contributed by atoms with Gasteiger partial charge in [-0.2, -0.15) is 0 Å². The molecule has 0 aromatic heterocycles. The molecule has 0 bridgehead atoms. The van der Waals surface area contributed by atoms with E-state index in [1.165, 1.54) is 5.57 Å². The Bertz CT molecular complexity index is 503. The smallest absolute Gasteiger partial charge is 0.161 e. The summed E-state index contributed by atoms with van der Waals surface area (Å²) in [5.74, 6) is 0. The van der Waals surface area contributed by atoms with Gasteiger partial charge in [0.2, 0.25) is 0 Å². The molecule has 1 aromatic carbocycles. The van der Waals surface area contributed by atoms with Crippen LogP contribution < -0.4 is 0 Å². The Balaban J connectivity index is 2.24. The van der Waals surface area contributed by atoms with Crippen molar-refractivity contribution in [2.45, 2.75) is 39.7 Å². The van der Waals surface area contributed by atoms with Gasteiger partial charge >= 0.3 is 0 Å². The van der Waals surface area contributed by atoms with Gasteiger partial charge in [-0.25, -0.2) is 0 Å². The van der Waals surface area contributed by atoms with Crippen LogP contribution in [-0.4, -0.2) is 23.5 Å². The number of aliphatic hydroxyl groups excluding tert-OH is 1. The van der Waals surface area contributed by atoms with Crippen LogP contribution in [-0.2, 0) is 4.84 Å². The molecule has 0 fully saturated rings. The zero-order valence-corrected chi connectivity index (χ0v) is 12.5. The van der Waals surface area contributed by atoms with E-state index in [9.17, 15) is 5.11 Å². The number of hydrogen-bond acceptors (Lipinski definition) is 3. The van der Waals surface area contributed by atoms with Crippen LogP contribution in [0.15, 0.2) is 47.1 Å². The largest absolute Gasteiger partial charge is 0.392 e. The van der Waals surface area contributed by atoms with E-state index in [-0.39, 0.29) is 18.1 Å². The molecule has 0 spiro atoms. The van der Waals surface area contributed by atoms with Crippen LogP contribution in [0.5, 0.6) is 0 Å². The van der Waals surface area contributed by atoms with Gasteiger partial charge in [-0.15, -0.1) is 0 Å². The Morgan fingerprint density at radius 3 is 2.65 bits per heavy atom. The second-order valence-corrected chi connectivity index (χ2v) is 5.82. The van der Waals surface area contributed by atoms with Crippen LogP contribution in [0.25, 0.3) is 0 Å². The Morgan fingerprint density at radius 2 is 2.05 bits per heavy atom. The average molecular weight is 273 g/mol. The van der Waals surface area contributed by atoms with E-state index in [0.29, 0.717) is 0 Å². The zero-order valence-electron chi connectivity index (χ0n) is 12.5. The first kappa shape index (κ1) is 14.8. The van der Waals surface area contributed by atoms with E-state index in [0.717, 1.165) is 24.1 Å². The molecule has 0 unspecified atom stereocenters. The fraction of sp³-hybridized carbons (Fsp3) is 0.471. The summed E-state index contributed by atoms with van der Waals surface area (Å²) in [4.78, 5) is 5.46. The standard InChI is InChI=1S/C17H23NO2/c1-13(2)8-7-11-17(3)15(12-19)20-18-16(17)14-9-5-4-6-10-14/h4-6,8-10,15,19H,7,11-12H2,1-3H3/t15-,17-/m0/s1. The first-order valence-electron chi connectivity index (χ1n) is 7.12. The summed E-state index contributed by atoms with van der Waals surface area (Å²) in [6.07, 6.45) is 3.84. The summed E-state index contributed by atoms with van der Waals surface area (Å²) in [6.45, 7) is 6.32. The van der Waals surface area contributed by atoms with E-state index >= 15 is 0 Å². The van der Waals surface area contributed by atoms with Gasteiger partial charge in [0.15, 0.2) is 6.10 Å². The molecule has 108 valence electrons. The third-order valence-electron chi connectivity index (χ3n) is 3.95. The van der Waals surface area contributed by atoms with Gasteiger partial charge in [-0.1, -0.05) is 54.1 Å². The number of aliphatic hydroxyl groups is 1. The molecule has 1 heterocycles. The fourth-order valence-electron chi connectivity index (χ4n) is 2.64. The highest BCUT2D eigenvalue weighted by Gasteiger charge is 2.45. The molecule has 2 atom stereocenters. The summed E-state index contributed by atoms with van der Waals surface area (Å²) in [5.41, 5.74) is 3.08. The molecule has 0 saturated heterocycles. The SMILES string of the molecule is CC(C)=CCC[C@]1(C)C(c2ccccc2)=NO[C@H]1CO. The average Bonchev–Trinajstić information content (AvgIpc) is 2.76. The Morgan fingerprint density at radius 1 is 1.35 bits per heavy atom. The highest BCUT2D eigenvalue weighted by atomic mass is 16.7. The highest BCUT2D eigenvalue weighted by molar-refractivity contribution is 6.05. The minimum atomic E-state index is -0.261. The molecule has 1 N–H and O–H groups in total. The molecule has 1 aromatic rings. The summed E-state index contributed by atoms with van der Waals surface area (Å²) in [6, 6.07) is 10.1. The molecule has 1 aliphatic rings. The summed E-state index contributed by atoms with van der Waals surface area (Å²) in [7, 11) is 0. The van der Waals surface area contributed by atoms with Gasteiger partial charge in [0.1, 0.15) is 0 Å². The van der Waals surface area contributed by atoms with Crippen molar-refractivity contribution < 1.29 is 9.94 Å². The minimum absolute atomic E-state index is 0.00877. The topological polar surface area (TPSA) is 41.8 Å². The van der Waals surface area contributed by atoms with Crippen LogP contribution in [0.1, 0.15) is 39.2 Å². The number of allylic oxidation sites excluding steroid dienone is 2. The van der Waals surface area contributed by atoms with Gasteiger partial charge in [-0.3, -0.25) is 0 Å². The first-order chi connectivity index (χ1) is 9.58. The fourth-order valence-corrected chi connectivity index (χ4v) is 2.64. The predicted molar refractivity (Wildman–Crippen MR) is 81.7 cm³/mol. The Labute approximate surface area is 121 Å². The molecule has 1 aliphatic heterocycles.